The van der Waals surface area contributed by atoms with Gasteiger partial charge in [-0.3, -0.25) is 4.68 Å². The van der Waals surface area contributed by atoms with E-state index in [9.17, 15) is 13.5 Å². The topological polar surface area (TPSA) is 75.4 Å². The molecule has 0 amide bonds. The first kappa shape index (κ1) is 13.5. The monoisotopic (exact) mass is 273 g/mol. The molecule has 2 heterocycles. The number of nitrogens with zero attached hydrogens (tertiary/aromatic N) is 3. The summed E-state index contributed by atoms with van der Waals surface area (Å²) in [7, 11) is -1.88. The number of aromatic nitrogens is 2. The molecule has 1 N–H and O–H groups in total. The predicted molar refractivity (Wildman–Crippen MR) is 66.4 cm³/mol. The molecule has 0 aliphatic carbocycles. The Labute approximate surface area is 107 Å². The van der Waals surface area contributed by atoms with Crippen molar-refractivity contribution < 1.29 is 13.5 Å². The Morgan fingerprint density at radius 3 is 2.89 bits per heavy atom. The number of hydrogen-bond donors (Lipinski definition) is 1. The van der Waals surface area contributed by atoms with Gasteiger partial charge in [-0.2, -0.15) is 9.40 Å². The van der Waals surface area contributed by atoms with Crippen molar-refractivity contribution in [2.45, 2.75) is 43.4 Å². The molecule has 1 fully saturated rings. The van der Waals surface area contributed by atoms with E-state index in [0.29, 0.717) is 13.0 Å². The molecular weight excluding hydrogens is 254 g/mol. The predicted octanol–water partition coefficient (Wildman–Crippen LogP) is 0.344. The molecule has 0 bridgehead atoms. The van der Waals surface area contributed by atoms with Crippen LogP contribution < -0.4 is 0 Å². The van der Waals surface area contributed by atoms with E-state index < -0.39 is 16.1 Å². The van der Waals surface area contributed by atoms with Crippen LogP contribution in [-0.4, -0.2) is 46.3 Å². The van der Waals surface area contributed by atoms with E-state index in [2.05, 4.69) is 5.10 Å². The molecular formula is C11H19N3O3S. The van der Waals surface area contributed by atoms with E-state index in [1.165, 1.54) is 21.3 Å². The third-order valence-corrected chi connectivity index (χ3v) is 5.31. The Morgan fingerprint density at radius 2 is 2.33 bits per heavy atom. The Hall–Kier alpha value is -0.920. The molecule has 0 aromatic carbocycles. The summed E-state index contributed by atoms with van der Waals surface area (Å²) in [6, 6.07) is 1.40. The van der Waals surface area contributed by atoms with Crippen molar-refractivity contribution in [2.75, 3.05) is 6.54 Å². The second kappa shape index (κ2) is 4.99. The van der Waals surface area contributed by atoms with Gasteiger partial charge in [-0.05, 0) is 32.3 Å². The normalized spacial score (nSPS) is 23.4. The van der Waals surface area contributed by atoms with Crippen molar-refractivity contribution >= 4 is 10.0 Å². The van der Waals surface area contributed by atoms with Crippen molar-refractivity contribution in [3.05, 3.63) is 12.3 Å². The zero-order valence-electron chi connectivity index (χ0n) is 10.7. The van der Waals surface area contributed by atoms with E-state index in [4.69, 9.17) is 0 Å². The van der Waals surface area contributed by atoms with Gasteiger partial charge >= 0.3 is 0 Å². The highest BCUT2D eigenvalue weighted by Crippen LogP contribution is 2.28. The molecule has 6 nitrogen and oxygen atoms in total. The lowest BCUT2D eigenvalue weighted by atomic mass is 10.1. The molecule has 1 aromatic rings. The first-order valence-corrected chi connectivity index (χ1v) is 7.55. The van der Waals surface area contributed by atoms with E-state index in [1.54, 1.807) is 14.0 Å². The number of aliphatic hydroxyl groups is 1. The molecule has 2 atom stereocenters. The molecule has 1 aromatic heterocycles. The third kappa shape index (κ3) is 2.43. The maximum absolute atomic E-state index is 12.5. The summed E-state index contributed by atoms with van der Waals surface area (Å²) in [6.45, 7) is 2.21. The van der Waals surface area contributed by atoms with Gasteiger partial charge in [-0.1, -0.05) is 0 Å². The zero-order valence-corrected chi connectivity index (χ0v) is 11.5. The second-order valence-electron chi connectivity index (χ2n) is 4.79. The van der Waals surface area contributed by atoms with Crippen LogP contribution in [0.1, 0.15) is 26.2 Å². The van der Waals surface area contributed by atoms with Crippen LogP contribution in [0.4, 0.5) is 0 Å². The van der Waals surface area contributed by atoms with Crippen LogP contribution in [0.3, 0.4) is 0 Å². The second-order valence-corrected chi connectivity index (χ2v) is 6.63. The van der Waals surface area contributed by atoms with Crippen LogP contribution in [0.25, 0.3) is 0 Å². The smallest absolute Gasteiger partial charge is 0.260 e. The largest absolute Gasteiger partial charge is 0.393 e. The minimum Gasteiger partial charge on any atom is -0.393 e. The Kier molecular flexibility index (Phi) is 3.74. The Morgan fingerprint density at radius 1 is 1.61 bits per heavy atom. The van der Waals surface area contributed by atoms with Crippen LogP contribution >= 0.6 is 0 Å². The van der Waals surface area contributed by atoms with Crippen LogP contribution in [0.15, 0.2) is 17.3 Å². The molecule has 18 heavy (non-hydrogen) atoms. The highest BCUT2D eigenvalue weighted by molar-refractivity contribution is 7.89. The summed E-state index contributed by atoms with van der Waals surface area (Å²) >= 11 is 0. The highest BCUT2D eigenvalue weighted by atomic mass is 32.2. The van der Waals surface area contributed by atoms with Gasteiger partial charge in [0.25, 0.3) is 10.0 Å². The van der Waals surface area contributed by atoms with Gasteiger partial charge < -0.3 is 5.11 Å². The van der Waals surface area contributed by atoms with E-state index >= 15 is 0 Å². The average Bonchev–Trinajstić information content (AvgIpc) is 2.86. The summed E-state index contributed by atoms with van der Waals surface area (Å²) in [4.78, 5) is 0. The number of sulfonamides is 1. The standard InChI is InChI=1S/C11H19N3O3S/c1-9(15)8-10-4-3-7-14(10)18(16,17)11-5-6-12-13(11)2/h5-6,9-10,15H,3-4,7-8H2,1-2H3. The molecule has 1 saturated heterocycles. The van der Waals surface area contributed by atoms with Crippen molar-refractivity contribution in [3.8, 4) is 0 Å². The molecule has 102 valence electrons. The molecule has 0 spiro atoms. The lowest BCUT2D eigenvalue weighted by Gasteiger charge is -2.24. The van der Waals surface area contributed by atoms with Crippen LogP contribution in [0.2, 0.25) is 0 Å². The molecule has 1 aliphatic heterocycles. The van der Waals surface area contributed by atoms with Crippen LogP contribution in [0.5, 0.6) is 0 Å². The van der Waals surface area contributed by atoms with Gasteiger partial charge in [0.15, 0.2) is 5.03 Å². The molecule has 7 heteroatoms. The maximum Gasteiger partial charge on any atom is 0.260 e. The van der Waals surface area contributed by atoms with Gasteiger partial charge in [0.05, 0.1) is 12.3 Å². The van der Waals surface area contributed by atoms with Crippen molar-refractivity contribution in [2.24, 2.45) is 7.05 Å². The van der Waals surface area contributed by atoms with E-state index in [0.717, 1.165) is 12.8 Å². The van der Waals surface area contributed by atoms with Gasteiger partial charge in [0.2, 0.25) is 0 Å². The summed E-state index contributed by atoms with van der Waals surface area (Å²) < 4.78 is 27.8. The fourth-order valence-corrected chi connectivity index (χ4v) is 4.30. The minimum absolute atomic E-state index is 0.107. The Bertz CT molecular complexity index is 509. The molecule has 0 radical (unpaired) electrons. The van der Waals surface area contributed by atoms with Gasteiger partial charge in [0, 0.05) is 19.6 Å². The van der Waals surface area contributed by atoms with Crippen molar-refractivity contribution in [1.82, 2.24) is 14.1 Å². The molecule has 0 saturated carbocycles. The fourth-order valence-electron chi connectivity index (χ4n) is 2.49. The fraction of sp³-hybridized carbons (Fsp3) is 0.727. The zero-order chi connectivity index (χ0) is 13.3. The average molecular weight is 273 g/mol. The lowest BCUT2D eigenvalue weighted by Crippen LogP contribution is -2.38. The van der Waals surface area contributed by atoms with E-state index in [-0.39, 0.29) is 11.1 Å². The van der Waals surface area contributed by atoms with Crippen molar-refractivity contribution in [3.63, 3.8) is 0 Å². The number of aryl methyl sites for hydroxylation is 1. The highest BCUT2D eigenvalue weighted by Gasteiger charge is 2.36. The SMILES string of the molecule is CC(O)CC1CCCN1S(=O)(=O)c1ccnn1C. The van der Waals surface area contributed by atoms with E-state index in [1.807, 2.05) is 0 Å². The van der Waals surface area contributed by atoms with Crippen molar-refractivity contribution in [1.29, 1.82) is 0 Å². The minimum atomic E-state index is -3.50. The third-order valence-electron chi connectivity index (χ3n) is 3.29. The van der Waals surface area contributed by atoms with Gasteiger partial charge in [-0.25, -0.2) is 8.42 Å². The quantitative estimate of drug-likeness (QED) is 0.858. The molecule has 2 unspecified atom stereocenters. The maximum atomic E-state index is 12.5. The van der Waals surface area contributed by atoms with Crippen LogP contribution in [0, 0.1) is 0 Å². The number of rotatable bonds is 4. The lowest BCUT2D eigenvalue weighted by molar-refractivity contribution is 0.157. The summed E-state index contributed by atoms with van der Waals surface area (Å²) in [6.07, 6.45) is 3.12. The summed E-state index contributed by atoms with van der Waals surface area (Å²) in [5, 5.41) is 13.6. The van der Waals surface area contributed by atoms with Crippen LogP contribution in [-0.2, 0) is 17.1 Å². The van der Waals surface area contributed by atoms with Gasteiger partial charge in [0.1, 0.15) is 0 Å². The summed E-state index contributed by atoms with van der Waals surface area (Å²) in [5.74, 6) is 0. The first-order chi connectivity index (χ1) is 8.43. The van der Waals surface area contributed by atoms with Gasteiger partial charge in [-0.15, -0.1) is 0 Å². The molecule has 1 aliphatic rings. The number of hydrogen-bond acceptors (Lipinski definition) is 4. The Balaban J connectivity index is 2.27. The number of aliphatic hydroxyl groups excluding tert-OH is 1. The summed E-state index contributed by atoms with van der Waals surface area (Å²) in [5.41, 5.74) is 0. The first-order valence-electron chi connectivity index (χ1n) is 6.11. The molecule has 2 rings (SSSR count).